The van der Waals surface area contributed by atoms with E-state index < -0.39 is 11.6 Å². The minimum absolute atomic E-state index is 0.152. The van der Waals surface area contributed by atoms with Crippen molar-refractivity contribution in [3.8, 4) is 17.7 Å². The zero-order chi connectivity index (χ0) is 16.6. The van der Waals surface area contributed by atoms with Gasteiger partial charge in [-0.2, -0.15) is 5.26 Å². The van der Waals surface area contributed by atoms with Gasteiger partial charge >= 0.3 is 0 Å². The molecule has 3 aromatic rings. The molecule has 3 rings (SSSR count). The van der Waals surface area contributed by atoms with Crippen molar-refractivity contribution in [1.82, 2.24) is 9.97 Å². The molecule has 0 fully saturated rings. The molecular weight excluding hydrogens is 368 g/mol. The van der Waals surface area contributed by atoms with Crippen LogP contribution in [0.3, 0.4) is 0 Å². The minimum atomic E-state index is -1.04. The third-order valence-corrected chi connectivity index (χ3v) is 3.78. The lowest BCUT2D eigenvalue weighted by Gasteiger charge is -2.10. The molecule has 0 spiro atoms. The molecule has 0 atom stereocenters. The lowest BCUT2D eigenvalue weighted by Crippen LogP contribution is -1.99. The zero-order valence-electron chi connectivity index (χ0n) is 11.8. The lowest BCUT2D eigenvalue weighted by atomic mass is 10.2. The van der Waals surface area contributed by atoms with Crippen molar-refractivity contribution < 1.29 is 13.5 Å². The maximum Gasteiger partial charge on any atom is 0.241 e. The predicted octanol–water partition coefficient (Wildman–Crippen LogP) is 4.64. The molecule has 1 heterocycles. The summed E-state index contributed by atoms with van der Waals surface area (Å²) >= 11 is 3.32. The first-order valence-electron chi connectivity index (χ1n) is 6.49. The van der Waals surface area contributed by atoms with Gasteiger partial charge in [-0.1, -0.05) is 0 Å². The van der Waals surface area contributed by atoms with E-state index in [4.69, 9.17) is 10.00 Å². The maximum atomic E-state index is 13.7. The number of benzene rings is 2. The van der Waals surface area contributed by atoms with Crippen LogP contribution in [0.2, 0.25) is 0 Å². The van der Waals surface area contributed by atoms with E-state index in [1.807, 2.05) is 6.07 Å². The monoisotopic (exact) mass is 375 g/mol. The fourth-order valence-corrected chi connectivity index (χ4v) is 2.31. The highest BCUT2D eigenvalue weighted by molar-refractivity contribution is 9.10. The largest absolute Gasteiger partial charge is 0.436 e. The van der Waals surface area contributed by atoms with Crippen molar-refractivity contribution in [2.24, 2.45) is 0 Å². The van der Waals surface area contributed by atoms with Crippen LogP contribution in [0.5, 0.6) is 11.6 Å². The van der Waals surface area contributed by atoms with E-state index in [9.17, 15) is 8.78 Å². The van der Waals surface area contributed by atoms with E-state index in [0.717, 1.165) is 6.07 Å². The number of fused-ring (bicyclic) bond motifs is 1. The van der Waals surface area contributed by atoms with E-state index in [0.29, 0.717) is 21.5 Å². The summed E-state index contributed by atoms with van der Waals surface area (Å²) in [6.45, 7) is 1.58. The number of aromatic nitrogens is 2. The Balaban J connectivity index is 2.09. The Kier molecular flexibility index (Phi) is 3.92. The smallest absolute Gasteiger partial charge is 0.241 e. The average Bonchev–Trinajstić information content (AvgIpc) is 2.54. The van der Waals surface area contributed by atoms with Crippen molar-refractivity contribution in [3.63, 3.8) is 0 Å². The Bertz CT molecular complexity index is 970. The van der Waals surface area contributed by atoms with E-state index in [1.54, 1.807) is 25.1 Å². The lowest BCUT2D eigenvalue weighted by molar-refractivity contribution is 0.454. The molecule has 0 saturated heterocycles. The fourth-order valence-electron chi connectivity index (χ4n) is 1.98. The number of rotatable bonds is 2. The Morgan fingerprint density at radius 2 is 1.96 bits per heavy atom. The van der Waals surface area contributed by atoms with Gasteiger partial charge in [0.1, 0.15) is 17.0 Å². The number of nitrogens with zero attached hydrogens (tertiary/aromatic N) is 3. The molecule has 4 nitrogen and oxygen atoms in total. The number of nitriles is 1. The van der Waals surface area contributed by atoms with Gasteiger partial charge in [0.25, 0.3) is 0 Å². The molecule has 0 N–H and O–H groups in total. The van der Waals surface area contributed by atoms with Gasteiger partial charge in [-0.05, 0) is 53.2 Å². The van der Waals surface area contributed by atoms with Crippen LogP contribution in [0.15, 0.2) is 34.8 Å². The number of hydrogen-bond donors (Lipinski definition) is 0. The fraction of sp³-hybridized carbons (Fsp3) is 0.0625. The second-order valence-corrected chi connectivity index (χ2v) is 5.56. The average molecular weight is 376 g/mol. The summed E-state index contributed by atoms with van der Waals surface area (Å²) in [5.74, 6) is -1.50. The van der Waals surface area contributed by atoms with Gasteiger partial charge in [0.15, 0.2) is 11.6 Å². The molecule has 0 radical (unpaired) electrons. The summed E-state index contributed by atoms with van der Waals surface area (Å²) in [7, 11) is 0. The molecule has 1 aromatic heterocycles. The summed E-state index contributed by atoms with van der Waals surface area (Å²) < 4.78 is 33.3. The Morgan fingerprint density at radius 1 is 1.17 bits per heavy atom. The standard InChI is InChI=1S/C16H8BrF2N3O/c1-8-16(23-13-6-9(7-20)2-3-10(13)17)22-12-5-4-11(18)14(19)15(12)21-8/h2-6H,1H3. The number of ether oxygens (including phenoxy) is 1. The van der Waals surface area contributed by atoms with Crippen LogP contribution in [0.4, 0.5) is 8.78 Å². The number of halogens is 3. The van der Waals surface area contributed by atoms with Gasteiger partial charge in [-0.3, -0.25) is 0 Å². The predicted molar refractivity (Wildman–Crippen MR) is 83.1 cm³/mol. The summed E-state index contributed by atoms with van der Waals surface area (Å²) in [5.41, 5.74) is 0.746. The van der Waals surface area contributed by atoms with Gasteiger partial charge in [0, 0.05) is 0 Å². The van der Waals surface area contributed by atoms with Crippen molar-refractivity contribution in [3.05, 3.63) is 57.7 Å². The van der Waals surface area contributed by atoms with Crippen LogP contribution in [0, 0.1) is 29.9 Å². The summed E-state index contributed by atoms with van der Waals surface area (Å²) in [4.78, 5) is 8.20. The van der Waals surface area contributed by atoms with Gasteiger partial charge in [-0.15, -0.1) is 0 Å². The molecule has 2 aromatic carbocycles. The van der Waals surface area contributed by atoms with E-state index in [1.165, 1.54) is 6.07 Å². The quantitative estimate of drug-likeness (QED) is 0.654. The Labute approximate surface area is 138 Å². The second kappa shape index (κ2) is 5.89. The minimum Gasteiger partial charge on any atom is -0.436 e. The third-order valence-electron chi connectivity index (χ3n) is 3.13. The first kappa shape index (κ1) is 15.3. The van der Waals surface area contributed by atoms with Crippen molar-refractivity contribution >= 4 is 27.0 Å². The van der Waals surface area contributed by atoms with Crippen LogP contribution >= 0.6 is 15.9 Å². The molecule has 0 amide bonds. The van der Waals surface area contributed by atoms with Crippen LogP contribution in [-0.2, 0) is 0 Å². The zero-order valence-corrected chi connectivity index (χ0v) is 13.4. The van der Waals surface area contributed by atoms with Crippen molar-refractivity contribution in [2.45, 2.75) is 6.92 Å². The molecule has 7 heteroatoms. The molecule has 114 valence electrons. The molecule has 0 aliphatic rings. The second-order valence-electron chi connectivity index (χ2n) is 4.70. The summed E-state index contributed by atoms with van der Waals surface area (Å²) in [6.07, 6.45) is 0. The van der Waals surface area contributed by atoms with E-state index in [2.05, 4.69) is 25.9 Å². The summed E-state index contributed by atoms with van der Waals surface area (Å²) in [6, 6.07) is 9.17. The molecule has 0 aliphatic carbocycles. The first-order valence-corrected chi connectivity index (χ1v) is 7.28. The van der Waals surface area contributed by atoms with Crippen LogP contribution in [-0.4, -0.2) is 9.97 Å². The van der Waals surface area contributed by atoms with Crippen molar-refractivity contribution in [2.75, 3.05) is 0 Å². The topological polar surface area (TPSA) is 58.8 Å². The van der Waals surface area contributed by atoms with E-state index >= 15 is 0 Å². The van der Waals surface area contributed by atoms with Gasteiger partial charge in [0.2, 0.25) is 5.88 Å². The van der Waals surface area contributed by atoms with Gasteiger partial charge < -0.3 is 4.74 Å². The normalized spacial score (nSPS) is 10.6. The SMILES string of the molecule is Cc1nc2c(F)c(F)ccc2nc1Oc1cc(C#N)ccc1Br. The van der Waals surface area contributed by atoms with Crippen LogP contribution in [0.1, 0.15) is 11.3 Å². The highest BCUT2D eigenvalue weighted by Crippen LogP contribution is 2.32. The Hall–Kier alpha value is -2.59. The summed E-state index contributed by atoms with van der Waals surface area (Å²) in [5, 5.41) is 8.95. The van der Waals surface area contributed by atoms with Crippen LogP contribution in [0.25, 0.3) is 11.0 Å². The third kappa shape index (κ3) is 2.85. The molecular formula is C16H8BrF2N3O. The number of aryl methyl sites for hydroxylation is 1. The molecule has 0 saturated carbocycles. The highest BCUT2D eigenvalue weighted by atomic mass is 79.9. The van der Waals surface area contributed by atoms with Gasteiger partial charge in [-0.25, -0.2) is 18.7 Å². The highest BCUT2D eigenvalue weighted by Gasteiger charge is 2.15. The number of hydrogen-bond acceptors (Lipinski definition) is 4. The molecule has 0 bridgehead atoms. The van der Waals surface area contributed by atoms with Crippen LogP contribution < -0.4 is 4.74 Å². The first-order chi connectivity index (χ1) is 11.0. The van der Waals surface area contributed by atoms with Gasteiger partial charge in [0.05, 0.1) is 21.6 Å². The molecule has 0 unspecified atom stereocenters. The van der Waals surface area contributed by atoms with Crippen molar-refractivity contribution in [1.29, 1.82) is 5.26 Å². The van der Waals surface area contributed by atoms with E-state index in [-0.39, 0.29) is 16.9 Å². The Morgan fingerprint density at radius 3 is 2.70 bits per heavy atom. The molecule has 23 heavy (non-hydrogen) atoms. The molecule has 0 aliphatic heterocycles. The maximum absolute atomic E-state index is 13.7.